The lowest BCUT2D eigenvalue weighted by atomic mass is 10.1. The van der Waals surface area contributed by atoms with Crippen molar-refractivity contribution >= 4 is 0 Å². The summed E-state index contributed by atoms with van der Waals surface area (Å²) in [5, 5.41) is 3.40. The number of likely N-dealkylation sites (N-methyl/N-ethyl adjacent to an activating group) is 1. The van der Waals surface area contributed by atoms with Crippen molar-refractivity contribution in [2.45, 2.75) is 18.9 Å². The number of nitrogens with zero attached hydrogens (tertiary/aromatic N) is 3. The van der Waals surface area contributed by atoms with E-state index in [1.165, 1.54) is 12.1 Å². The van der Waals surface area contributed by atoms with Crippen LogP contribution in [0.4, 0.5) is 0 Å². The molecule has 0 spiro atoms. The highest BCUT2D eigenvalue weighted by Crippen LogP contribution is 2.21. The lowest BCUT2D eigenvalue weighted by Crippen LogP contribution is -2.20. The van der Waals surface area contributed by atoms with Crippen LogP contribution >= 0.6 is 0 Å². The van der Waals surface area contributed by atoms with Gasteiger partial charge in [0, 0.05) is 37.4 Å². The van der Waals surface area contributed by atoms with E-state index in [2.05, 4.69) is 33.9 Å². The second-order valence-electron chi connectivity index (χ2n) is 4.50. The summed E-state index contributed by atoms with van der Waals surface area (Å²) in [5.41, 5.74) is 1.39. The van der Waals surface area contributed by atoms with Gasteiger partial charge in [-0.15, -0.1) is 0 Å². The van der Waals surface area contributed by atoms with Crippen LogP contribution in [-0.4, -0.2) is 48.2 Å². The van der Waals surface area contributed by atoms with Gasteiger partial charge < -0.3 is 14.8 Å². The van der Waals surface area contributed by atoms with Gasteiger partial charge in [0.2, 0.25) is 0 Å². The van der Waals surface area contributed by atoms with Gasteiger partial charge in [0.1, 0.15) is 0 Å². The molecule has 0 amide bonds. The van der Waals surface area contributed by atoms with E-state index in [1.807, 2.05) is 12.5 Å². The first-order valence-electron chi connectivity index (χ1n) is 5.63. The normalized spacial score (nSPS) is 21.4. The van der Waals surface area contributed by atoms with E-state index in [4.69, 9.17) is 0 Å². The topological polar surface area (TPSA) is 33.1 Å². The Morgan fingerprint density at radius 2 is 2.47 bits per heavy atom. The largest absolute Gasteiger partial charge is 0.333 e. The Kier molecular flexibility index (Phi) is 3.38. The van der Waals surface area contributed by atoms with Crippen molar-refractivity contribution in [1.29, 1.82) is 0 Å². The Morgan fingerprint density at radius 1 is 1.60 bits per heavy atom. The van der Waals surface area contributed by atoms with Gasteiger partial charge in [0.15, 0.2) is 0 Å². The fraction of sp³-hybridized carbons (Fsp3) is 0.727. The zero-order chi connectivity index (χ0) is 10.7. The third kappa shape index (κ3) is 2.58. The van der Waals surface area contributed by atoms with E-state index < -0.39 is 0 Å². The molecule has 1 unspecified atom stereocenters. The molecule has 1 aliphatic rings. The molecule has 84 valence electrons. The third-order valence-electron chi connectivity index (χ3n) is 3.01. The molecule has 0 aliphatic carbocycles. The average molecular weight is 208 g/mol. The van der Waals surface area contributed by atoms with Crippen molar-refractivity contribution in [3.8, 4) is 0 Å². The Hall–Kier alpha value is -0.870. The number of hydrogen-bond donors (Lipinski definition) is 1. The van der Waals surface area contributed by atoms with Gasteiger partial charge in [0.25, 0.3) is 0 Å². The number of rotatable bonds is 4. The summed E-state index contributed by atoms with van der Waals surface area (Å²) in [6, 6.07) is 0. The molecule has 1 atom stereocenters. The zero-order valence-corrected chi connectivity index (χ0v) is 9.61. The molecule has 1 N–H and O–H groups in total. The van der Waals surface area contributed by atoms with Crippen molar-refractivity contribution in [2.24, 2.45) is 0 Å². The standard InChI is InChI=1S/C11H20N4/c1-14(2)5-6-15-9-13-8-11(15)10-3-4-12-7-10/h8-10,12H,3-7H2,1-2H3. The summed E-state index contributed by atoms with van der Waals surface area (Å²) in [5.74, 6) is 0.662. The molecule has 0 saturated carbocycles. The lowest BCUT2D eigenvalue weighted by Gasteiger charge is -2.15. The van der Waals surface area contributed by atoms with Gasteiger partial charge in [-0.2, -0.15) is 0 Å². The quantitative estimate of drug-likeness (QED) is 0.783. The Balaban J connectivity index is 2.01. The summed E-state index contributed by atoms with van der Waals surface area (Å²) >= 11 is 0. The maximum Gasteiger partial charge on any atom is 0.0948 e. The Labute approximate surface area is 91.3 Å². The summed E-state index contributed by atoms with van der Waals surface area (Å²) in [6.45, 7) is 4.36. The monoisotopic (exact) mass is 208 g/mol. The fourth-order valence-electron chi connectivity index (χ4n) is 2.07. The first-order chi connectivity index (χ1) is 7.27. The van der Waals surface area contributed by atoms with E-state index >= 15 is 0 Å². The van der Waals surface area contributed by atoms with Gasteiger partial charge in [0.05, 0.1) is 6.33 Å². The molecule has 1 aromatic rings. The predicted molar refractivity (Wildman–Crippen MR) is 61.0 cm³/mol. The summed E-state index contributed by atoms with van der Waals surface area (Å²) in [4.78, 5) is 6.47. The maximum absolute atomic E-state index is 4.26. The minimum Gasteiger partial charge on any atom is -0.333 e. The first-order valence-corrected chi connectivity index (χ1v) is 5.63. The minimum absolute atomic E-state index is 0.662. The van der Waals surface area contributed by atoms with Gasteiger partial charge in [-0.3, -0.25) is 0 Å². The van der Waals surface area contributed by atoms with Crippen molar-refractivity contribution in [2.75, 3.05) is 33.7 Å². The van der Waals surface area contributed by atoms with Crippen LogP contribution in [-0.2, 0) is 6.54 Å². The molecule has 15 heavy (non-hydrogen) atoms. The van der Waals surface area contributed by atoms with Gasteiger partial charge in [-0.1, -0.05) is 0 Å². The second-order valence-corrected chi connectivity index (χ2v) is 4.50. The van der Waals surface area contributed by atoms with Crippen LogP contribution in [0.1, 0.15) is 18.0 Å². The van der Waals surface area contributed by atoms with Crippen molar-refractivity contribution in [1.82, 2.24) is 19.8 Å². The van der Waals surface area contributed by atoms with Crippen LogP contribution in [0, 0.1) is 0 Å². The van der Waals surface area contributed by atoms with Crippen molar-refractivity contribution in [3.63, 3.8) is 0 Å². The van der Waals surface area contributed by atoms with Gasteiger partial charge >= 0.3 is 0 Å². The molecule has 0 radical (unpaired) electrons. The molecule has 1 aliphatic heterocycles. The average Bonchev–Trinajstić information content (AvgIpc) is 2.85. The van der Waals surface area contributed by atoms with E-state index in [0.29, 0.717) is 5.92 Å². The predicted octanol–water partition coefficient (Wildman–Crippen LogP) is 0.522. The van der Waals surface area contributed by atoms with Crippen LogP contribution < -0.4 is 5.32 Å². The molecule has 0 bridgehead atoms. The van der Waals surface area contributed by atoms with E-state index in [-0.39, 0.29) is 0 Å². The molecular formula is C11H20N4. The second kappa shape index (κ2) is 4.77. The fourth-order valence-corrected chi connectivity index (χ4v) is 2.07. The van der Waals surface area contributed by atoms with Crippen LogP contribution in [0.25, 0.3) is 0 Å². The Morgan fingerprint density at radius 3 is 3.13 bits per heavy atom. The van der Waals surface area contributed by atoms with E-state index in [0.717, 1.165) is 26.2 Å². The van der Waals surface area contributed by atoms with Crippen LogP contribution in [0.3, 0.4) is 0 Å². The van der Waals surface area contributed by atoms with Crippen LogP contribution in [0.5, 0.6) is 0 Å². The van der Waals surface area contributed by atoms with Crippen molar-refractivity contribution < 1.29 is 0 Å². The molecule has 1 fully saturated rings. The van der Waals surface area contributed by atoms with Gasteiger partial charge in [-0.25, -0.2) is 4.98 Å². The molecule has 2 rings (SSSR count). The van der Waals surface area contributed by atoms with Crippen LogP contribution in [0.2, 0.25) is 0 Å². The first kappa shape index (κ1) is 10.6. The Bertz CT molecular complexity index is 299. The molecule has 4 nitrogen and oxygen atoms in total. The smallest absolute Gasteiger partial charge is 0.0948 e. The summed E-state index contributed by atoms with van der Waals surface area (Å²) in [7, 11) is 4.21. The highest BCUT2D eigenvalue weighted by Gasteiger charge is 2.19. The molecule has 1 saturated heterocycles. The highest BCUT2D eigenvalue weighted by molar-refractivity contribution is 5.09. The van der Waals surface area contributed by atoms with Crippen molar-refractivity contribution in [3.05, 3.63) is 18.2 Å². The SMILES string of the molecule is CN(C)CCn1cncc1C1CCNC1. The lowest BCUT2D eigenvalue weighted by molar-refractivity contribution is 0.379. The number of hydrogen-bond acceptors (Lipinski definition) is 3. The number of imidazole rings is 1. The van der Waals surface area contributed by atoms with Gasteiger partial charge in [-0.05, 0) is 27.1 Å². The van der Waals surface area contributed by atoms with Crippen LogP contribution in [0.15, 0.2) is 12.5 Å². The minimum atomic E-state index is 0.662. The molecule has 1 aromatic heterocycles. The molecule has 2 heterocycles. The maximum atomic E-state index is 4.26. The molecular weight excluding hydrogens is 188 g/mol. The molecule has 0 aromatic carbocycles. The third-order valence-corrected chi connectivity index (χ3v) is 3.01. The number of nitrogens with one attached hydrogen (secondary N) is 1. The summed E-state index contributed by atoms with van der Waals surface area (Å²) < 4.78 is 2.29. The summed E-state index contributed by atoms with van der Waals surface area (Å²) in [6.07, 6.45) is 5.22. The van der Waals surface area contributed by atoms with E-state index in [9.17, 15) is 0 Å². The molecule has 4 heteroatoms. The van der Waals surface area contributed by atoms with E-state index in [1.54, 1.807) is 0 Å². The number of aromatic nitrogens is 2. The highest BCUT2D eigenvalue weighted by atomic mass is 15.1. The zero-order valence-electron chi connectivity index (χ0n) is 9.61.